The summed E-state index contributed by atoms with van der Waals surface area (Å²) in [6, 6.07) is 6.71. The zero-order valence-corrected chi connectivity index (χ0v) is 20.7. The van der Waals surface area contributed by atoms with Crippen LogP contribution in [0.1, 0.15) is 15.9 Å². The van der Waals surface area contributed by atoms with E-state index >= 15 is 0 Å². The van der Waals surface area contributed by atoms with Crippen molar-refractivity contribution < 1.29 is 9.59 Å². The summed E-state index contributed by atoms with van der Waals surface area (Å²) >= 11 is 13.5. The zero-order chi connectivity index (χ0) is 21.6. The number of likely N-dealkylation sites (N-methyl/N-ethyl adjacent to an activating group) is 1. The van der Waals surface area contributed by atoms with Crippen LogP contribution >= 0.6 is 59.4 Å². The van der Waals surface area contributed by atoms with Gasteiger partial charge >= 0.3 is 0 Å². The van der Waals surface area contributed by atoms with Crippen molar-refractivity contribution in [2.75, 3.05) is 27.2 Å². The number of amides is 2. The standard InChI is InChI=1S/C19H21Cl2N5O2S.2ClH/c1-26(2)6-5-24-16(27)4-3-11-7-12(14-10-15(20)29-17(14)21)9-13(8-11)18(28)25-19(22)23;;/h3-4,7-10H,5-6H2,1-2H3,(H,24,27)(H4,22,23,25,28);2*1H/b4-3+;;. The van der Waals surface area contributed by atoms with Gasteiger partial charge in [-0.05, 0) is 55.6 Å². The van der Waals surface area contributed by atoms with Crippen LogP contribution < -0.4 is 16.8 Å². The Balaban J connectivity index is 0.00000450. The molecule has 1 heterocycles. The fourth-order valence-electron chi connectivity index (χ4n) is 2.38. The van der Waals surface area contributed by atoms with E-state index < -0.39 is 5.91 Å². The maximum absolute atomic E-state index is 12.3. The summed E-state index contributed by atoms with van der Waals surface area (Å²) in [6.45, 7) is 1.25. The van der Waals surface area contributed by atoms with E-state index in [9.17, 15) is 9.59 Å². The molecule has 0 spiro atoms. The first-order valence-corrected chi connectivity index (χ1v) is 10.1. The van der Waals surface area contributed by atoms with Gasteiger partial charge in [0.25, 0.3) is 5.91 Å². The highest BCUT2D eigenvalue weighted by molar-refractivity contribution is 7.20. The molecule has 2 aromatic rings. The second kappa shape index (κ2) is 13.6. The normalized spacial score (nSPS) is 10.4. The van der Waals surface area contributed by atoms with Gasteiger partial charge in [0.1, 0.15) is 4.34 Å². The minimum atomic E-state index is -0.602. The van der Waals surface area contributed by atoms with Crippen LogP contribution in [0.4, 0.5) is 0 Å². The Morgan fingerprint density at radius 3 is 2.39 bits per heavy atom. The highest BCUT2D eigenvalue weighted by Crippen LogP contribution is 2.38. The number of rotatable bonds is 7. The number of nitrogens with one attached hydrogen (secondary N) is 1. The van der Waals surface area contributed by atoms with E-state index in [0.717, 1.165) is 6.54 Å². The van der Waals surface area contributed by atoms with Gasteiger partial charge in [0.05, 0.1) is 4.34 Å². The number of benzene rings is 1. The van der Waals surface area contributed by atoms with E-state index in [-0.39, 0.29) is 42.2 Å². The summed E-state index contributed by atoms with van der Waals surface area (Å²) < 4.78 is 1.00. The quantitative estimate of drug-likeness (QED) is 0.289. The minimum Gasteiger partial charge on any atom is -0.370 e. The first-order chi connectivity index (χ1) is 13.7. The van der Waals surface area contributed by atoms with E-state index in [4.69, 9.17) is 34.7 Å². The van der Waals surface area contributed by atoms with Crippen LogP contribution in [-0.4, -0.2) is 49.9 Å². The van der Waals surface area contributed by atoms with Gasteiger partial charge in [-0.1, -0.05) is 23.2 Å². The lowest BCUT2D eigenvalue weighted by Gasteiger charge is -2.09. The van der Waals surface area contributed by atoms with E-state index in [1.807, 2.05) is 19.0 Å². The molecule has 0 radical (unpaired) electrons. The molecule has 7 nitrogen and oxygen atoms in total. The number of guanidine groups is 1. The van der Waals surface area contributed by atoms with Gasteiger partial charge in [0.2, 0.25) is 5.91 Å². The average Bonchev–Trinajstić information content (AvgIpc) is 2.97. The average molecular weight is 527 g/mol. The number of halogens is 4. The largest absolute Gasteiger partial charge is 0.370 e. The molecule has 2 amide bonds. The second-order valence-corrected chi connectivity index (χ2v) is 8.64. The Morgan fingerprint density at radius 2 is 1.84 bits per heavy atom. The molecule has 0 aliphatic heterocycles. The molecule has 31 heavy (non-hydrogen) atoms. The van der Waals surface area contributed by atoms with Gasteiger partial charge in [-0.3, -0.25) is 9.59 Å². The van der Waals surface area contributed by atoms with E-state index in [0.29, 0.717) is 31.9 Å². The molecule has 1 aromatic heterocycles. The molecule has 0 aliphatic carbocycles. The first kappa shape index (κ1) is 29.2. The molecule has 2 rings (SSSR count). The van der Waals surface area contributed by atoms with Crippen molar-refractivity contribution in [3.8, 4) is 11.1 Å². The Kier molecular flexibility index (Phi) is 12.8. The predicted octanol–water partition coefficient (Wildman–Crippen LogP) is 3.67. The van der Waals surface area contributed by atoms with Crippen LogP contribution in [0, 0.1) is 0 Å². The number of nitrogens with zero attached hydrogens (tertiary/aromatic N) is 2. The monoisotopic (exact) mass is 525 g/mol. The zero-order valence-electron chi connectivity index (χ0n) is 16.7. The number of carbonyl (C=O) groups excluding carboxylic acids is 2. The summed E-state index contributed by atoms with van der Waals surface area (Å²) in [5, 5.41) is 2.78. The number of aliphatic imine (C=N–C) groups is 1. The van der Waals surface area contributed by atoms with E-state index in [1.54, 1.807) is 30.3 Å². The van der Waals surface area contributed by atoms with Gasteiger partial charge in [-0.25, -0.2) is 0 Å². The second-order valence-electron chi connectivity index (χ2n) is 6.35. The maximum atomic E-state index is 12.3. The SMILES string of the molecule is CN(C)CCNC(=O)/C=C/c1cc(C(=O)N=C(N)N)cc(-c2cc(Cl)sc2Cl)c1.Cl.Cl. The number of hydrogen-bond donors (Lipinski definition) is 3. The van der Waals surface area contributed by atoms with Gasteiger partial charge in [0.15, 0.2) is 5.96 Å². The molecule has 0 saturated carbocycles. The number of hydrogen-bond acceptors (Lipinski definition) is 4. The molecule has 0 saturated heterocycles. The Morgan fingerprint density at radius 1 is 1.16 bits per heavy atom. The van der Waals surface area contributed by atoms with Crippen LogP contribution in [0.2, 0.25) is 8.67 Å². The topological polar surface area (TPSA) is 114 Å². The summed E-state index contributed by atoms with van der Waals surface area (Å²) in [7, 11) is 3.84. The molecule has 0 fully saturated rings. The van der Waals surface area contributed by atoms with Gasteiger partial charge in [-0.2, -0.15) is 4.99 Å². The first-order valence-electron chi connectivity index (χ1n) is 8.50. The Hall–Kier alpha value is -1.81. The third-order valence-electron chi connectivity index (χ3n) is 3.69. The van der Waals surface area contributed by atoms with Crippen LogP contribution in [-0.2, 0) is 4.79 Å². The smallest absolute Gasteiger partial charge is 0.280 e. The molecule has 0 atom stereocenters. The molecule has 0 aliphatic rings. The third-order valence-corrected chi connectivity index (χ3v) is 5.17. The van der Waals surface area contributed by atoms with Crippen LogP contribution in [0.25, 0.3) is 17.2 Å². The van der Waals surface area contributed by atoms with Crippen LogP contribution in [0.3, 0.4) is 0 Å². The maximum Gasteiger partial charge on any atom is 0.280 e. The molecule has 0 bridgehead atoms. The number of thiophene rings is 1. The molecule has 170 valence electrons. The van der Waals surface area contributed by atoms with Crippen molar-refractivity contribution in [1.29, 1.82) is 0 Å². The van der Waals surface area contributed by atoms with Crippen molar-refractivity contribution in [1.82, 2.24) is 10.2 Å². The lowest BCUT2D eigenvalue weighted by atomic mass is 10.0. The summed E-state index contributed by atoms with van der Waals surface area (Å²) in [5.41, 5.74) is 12.8. The highest BCUT2D eigenvalue weighted by atomic mass is 35.5. The molecule has 1 aromatic carbocycles. The van der Waals surface area contributed by atoms with E-state index in [2.05, 4.69) is 10.3 Å². The Labute approximate surface area is 207 Å². The van der Waals surface area contributed by atoms with Gasteiger partial charge in [-0.15, -0.1) is 36.2 Å². The van der Waals surface area contributed by atoms with Crippen molar-refractivity contribution in [3.05, 3.63) is 50.1 Å². The van der Waals surface area contributed by atoms with Crippen LogP contribution in [0.15, 0.2) is 35.3 Å². The highest BCUT2D eigenvalue weighted by Gasteiger charge is 2.13. The Bertz CT molecular complexity index is 972. The van der Waals surface area contributed by atoms with Crippen molar-refractivity contribution in [2.45, 2.75) is 0 Å². The lowest BCUT2D eigenvalue weighted by molar-refractivity contribution is -0.116. The molecule has 0 unspecified atom stereocenters. The number of carbonyl (C=O) groups is 2. The summed E-state index contributed by atoms with van der Waals surface area (Å²) in [5.74, 6) is -1.19. The number of nitrogens with two attached hydrogens (primary N) is 2. The molecule has 5 N–H and O–H groups in total. The predicted molar refractivity (Wildman–Crippen MR) is 135 cm³/mol. The fraction of sp³-hybridized carbons (Fsp3) is 0.211. The molecule has 12 heteroatoms. The van der Waals surface area contributed by atoms with Crippen molar-refractivity contribution in [2.24, 2.45) is 16.5 Å². The molecular formula is C19H23Cl4N5O2S. The third kappa shape index (κ3) is 9.47. The van der Waals surface area contributed by atoms with Gasteiger partial charge < -0.3 is 21.7 Å². The summed E-state index contributed by atoms with van der Waals surface area (Å²) in [6.07, 6.45) is 2.99. The fourth-order valence-corrected chi connectivity index (χ4v) is 3.89. The molecular weight excluding hydrogens is 504 g/mol. The lowest BCUT2D eigenvalue weighted by Crippen LogP contribution is -2.30. The minimum absolute atomic E-state index is 0. The van der Waals surface area contributed by atoms with Gasteiger partial charge in [0, 0.05) is 30.3 Å². The van der Waals surface area contributed by atoms with Crippen molar-refractivity contribution in [3.63, 3.8) is 0 Å². The van der Waals surface area contributed by atoms with Crippen LogP contribution in [0.5, 0.6) is 0 Å². The van der Waals surface area contributed by atoms with E-state index in [1.165, 1.54) is 17.4 Å². The summed E-state index contributed by atoms with van der Waals surface area (Å²) in [4.78, 5) is 29.8. The van der Waals surface area contributed by atoms with Crippen molar-refractivity contribution >= 4 is 83.2 Å².